The van der Waals surface area contributed by atoms with Crippen molar-refractivity contribution in [2.75, 3.05) is 6.54 Å². The van der Waals surface area contributed by atoms with E-state index in [-0.39, 0.29) is 6.04 Å². The van der Waals surface area contributed by atoms with Gasteiger partial charge in [0.1, 0.15) is 5.75 Å². The highest BCUT2D eigenvalue weighted by Crippen LogP contribution is 2.37. The Labute approximate surface area is 96.4 Å². The lowest BCUT2D eigenvalue weighted by Gasteiger charge is -2.13. The summed E-state index contributed by atoms with van der Waals surface area (Å²) in [5, 5.41) is 13.8. The first kappa shape index (κ1) is 10.3. The maximum absolute atomic E-state index is 9.84. The van der Waals surface area contributed by atoms with Crippen LogP contribution in [-0.2, 0) is 0 Å². The number of hydrogen-bond donors (Lipinski definition) is 2. The highest BCUT2D eigenvalue weighted by molar-refractivity contribution is 9.10. The molecule has 0 amide bonds. The fourth-order valence-corrected chi connectivity index (χ4v) is 2.64. The number of phenols is 1. The summed E-state index contributed by atoms with van der Waals surface area (Å²) in [6.07, 6.45) is 2.20. The molecule has 4 heteroatoms. The van der Waals surface area contributed by atoms with Crippen LogP contribution in [0.2, 0.25) is 5.02 Å². The minimum Gasteiger partial charge on any atom is -0.506 e. The molecule has 2 rings (SSSR count). The minimum atomic E-state index is 0.241. The Morgan fingerprint density at radius 3 is 2.93 bits per heavy atom. The van der Waals surface area contributed by atoms with Crippen LogP contribution in [0.1, 0.15) is 24.4 Å². The average molecular weight is 277 g/mol. The average Bonchev–Trinajstić information content (AvgIpc) is 2.63. The van der Waals surface area contributed by atoms with Crippen LogP contribution in [0.3, 0.4) is 0 Å². The van der Waals surface area contributed by atoms with E-state index in [9.17, 15) is 5.11 Å². The van der Waals surface area contributed by atoms with Gasteiger partial charge in [-0.15, -0.1) is 0 Å². The van der Waals surface area contributed by atoms with Crippen molar-refractivity contribution in [1.29, 1.82) is 0 Å². The standard InChI is InChI=1S/C10H11BrClNO/c11-8-5-6(12)4-7(10(8)14)9-2-1-3-13-9/h4-5,9,13-14H,1-3H2/t9-/m0/s1. The van der Waals surface area contributed by atoms with Gasteiger partial charge >= 0.3 is 0 Å². The third-order valence-corrected chi connectivity index (χ3v) is 3.32. The van der Waals surface area contributed by atoms with Crippen LogP contribution >= 0.6 is 27.5 Å². The summed E-state index contributed by atoms with van der Waals surface area (Å²) in [6.45, 7) is 1.01. The van der Waals surface area contributed by atoms with Crippen LogP contribution in [0.25, 0.3) is 0 Å². The molecule has 1 atom stereocenters. The first-order valence-corrected chi connectivity index (χ1v) is 5.77. The fourth-order valence-electron chi connectivity index (χ4n) is 1.80. The van der Waals surface area contributed by atoms with Crippen molar-refractivity contribution in [2.45, 2.75) is 18.9 Å². The van der Waals surface area contributed by atoms with E-state index in [2.05, 4.69) is 21.2 Å². The van der Waals surface area contributed by atoms with E-state index in [1.165, 1.54) is 0 Å². The maximum Gasteiger partial charge on any atom is 0.134 e. The Hall–Kier alpha value is -0.250. The van der Waals surface area contributed by atoms with Crippen molar-refractivity contribution in [3.8, 4) is 5.75 Å². The van der Waals surface area contributed by atoms with Gasteiger partial charge in [-0.2, -0.15) is 0 Å². The van der Waals surface area contributed by atoms with Gasteiger partial charge in [-0.1, -0.05) is 11.6 Å². The van der Waals surface area contributed by atoms with Crippen molar-refractivity contribution in [2.24, 2.45) is 0 Å². The molecule has 0 aromatic heterocycles. The number of nitrogens with one attached hydrogen (secondary N) is 1. The normalized spacial score (nSPS) is 21.4. The third-order valence-electron chi connectivity index (χ3n) is 2.49. The quantitative estimate of drug-likeness (QED) is 0.825. The first-order valence-electron chi connectivity index (χ1n) is 4.60. The van der Waals surface area contributed by atoms with Gasteiger partial charge in [0, 0.05) is 16.6 Å². The minimum absolute atomic E-state index is 0.241. The first-order chi connectivity index (χ1) is 6.68. The van der Waals surface area contributed by atoms with E-state index in [0.717, 1.165) is 24.9 Å². The fraction of sp³-hybridized carbons (Fsp3) is 0.400. The van der Waals surface area contributed by atoms with Crippen LogP contribution < -0.4 is 5.32 Å². The van der Waals surface area contributed by atoms with Crippen LogP contribution in [0.15, 0.2) is 16.6 Å². The zero-order valence-corrected chi connectivity index (χ0v) is 9.90. The van der Waals surface area contributed by atoms with E-state index >= 15 is 0 Å². The molecule has 1 aliphatic rings. The summed E-state index contributed by atoms with van der Waals surface area (Å²) >= 11 is 9.21. The van der Waals surface area contributed by atoms with E-state index < -0.39 is 0 Å². The number of halogens is 2. The summed E-state index contributed by atoms with van der Waals surface area (Å²) in [7, 11) is 0. The second kappa shape index (κ2) is 4.09. The Bertz CT molecular complexity index is 350. The molecule has 1 saturated heterocycles. The van der Waals surface area contributed by atoms with Crippen LogP contribution in [0.5, 0.6) is 5.75 Å². The lowest BCUT2D eigenvalue weighted by atomic mass is 10.0. The van der Waals surface area contributed by atoms with Crippen molar-refractivity contribution >= 4 is 27.5 Å². The lowest BCUT2D eigenvalue weighted by Crippen LogP contribution is -2.13. The molecular formula is C10H11BrClNO. The molecule has 0 bridgehead atoms. The summed E-state index contributed by atoms with van der Waals surface area (Å²) in [6, 6.07) is 3.77. The van der Waals surface area contributed by atoms with Crippen LogP contribution in [0, 0.1) is 0 Å². The number of benzene rings is 1. The summed E-state index contributed by atoms with van der Waals surface area (Å²) in [5.41, 5.74) is 0.891. The smallest absolute Gasteiger partial charge is 0.134 e. The molecule has 2 nitrogen and oxygen atoms in total. The molecule has 0 spiro atoms. The predicted molar refractivity (Wildman–Crippen MR) is 60.8 cm³/mol. The lowest BCUT2D eigenvalue weighted by molar-refractivity contribution is 0.453. The zero-order valence-electron chi connectivity index (χ0n) is 7.56. The van der Waals surface area contributed by atoms with E-state index in [1.54, 1.807) is 6.07 Å². The monoisotopic (exact) mass is 275 g/mol. The molecule has 76 valence electrons. The van der Waals surface area contributed by atoms with Crippen LogP contribution in [-0.4, -0.2) is 11.7 Å². The van der Waals surface area contributed by atoms with E-state index in [4.69, 9.17) is 11.6 Å². The van der Waals surface area contributed by atoms with Crippen molar-refractivity contribution < 1.29 is 5.11 Å². The number of phenolic OH excluding ortho intramolecular Hbond substituents is 1. The highest BCUT2D eigenvalue weighted by Gasteiger charge is 2.20. The molecular weight excluding hydrogens is 265 g/mol. The van der Waals surface area contributed by atoms with Gasteiger partial charge in [0.2, 0.25) is 0 Å². The number of rotatable bonds is 1. The Kier molecular flexibility index (Phi) is 3.00. The molecule has 2 N–H and O–H groups in total. The van der Waals surface area contributed by atoms with Gasteiger partial charge in [0.05, 0.1) is 4.47 Å². The summed E-state index contributed by atoms with van der Waals surface area (Å²) < 4.78 is 0.661. The van der Waals surface area contributed by atoms with Gasteiger partial charge in [0.15, 0.2) is 0 Å². The Morgan fingerprint density at radius 2 is 2.29 bits per heavy atom. The number of hydrogen-bond acceptors (Lipinski definition) is 2. The Balaban J connectivity index is 2.40. The predicted octanol–water partition coefficient (Wildman–Crippen LogP) is 3.23. The topological polar surface area (TPSA) is 32.3 Å². The van der Waals surface area contributed by atoms with Crippen LogP contribution in [0.4, 0.5) is 0 Å². The van der Waals surface area contributed by atoms with Gasteiger partial charge < -0.3 is 10.4 Å². The van der Waals surface area contributed by atoms with Gasteiger partial charge in [-0.3, -0.25) is 0 Å². The number of aromatic hydroxyl groups is 1. The molecule has 0 aliphatic carbocycles. The maximum atomic E-state index is 9.84. The van der Waals surface area contributed by atoms with Gasteiger partial charge in [0.25, 0.3) is 0 Å². The van der Waals surface area contributed by atoms with E-state index in [0.29, 0.717) is 15.2 Å². The molecule has 0 saturated carbocycles. The van der Waals surface area contributed by atoms with Gasteiger partial charge in [-0.05, 0) is 47.4 Å². The van der Waals surface area contributed by atoms with Crippen molar-refractivity contribution in [3.05, 3.63) is 27.2 Å². The molecule has 0 unspecified atom stereocenters. The van der Waals surface area contributed by atoms with Crippen molar-refractivity contribution in [1.82, 2.24) is 5.32 Å². The van der Waals surface area contributed by atoms with E-state index in [1.807, 2.05) is 6.07 Å². The molecule has 1 aromatic rings. The molecule has 1 aliphatic heterocycles. The zero-order chi connectivity index (χ0) is 10.1. The molecule has 1 heterocycles. The highest BCUT2D eigenvalue weighted by atomic mass is 79.9. The van der Waals surface area contributed by atoms with Crippen molar-refractivity contribution in [3.63, 3.8) is 0 Å². The largest absolute Gasteiger partial charge is 0.506 e. The SMILES string of the molecule is Oc1c(Br)cc(Cl)cc1[C@@H]1CCCN1. The summed E-state index contributed by atoms with van der Waals surface area (Å²) in [4.78, 5) is 0. The molecule has 14 heavy (non-hydrogen) atoms. The Morgan fingerprint density at radius 1 is 1.50 bits per heavy atom. The molecule has 0 radical (unpaired) electrons. The molecule has 1 aromatic carbocycles. The van der Waals surface area contributed by atoms with Gasteiger partial charge in [-0.25, -0.2) is 0 Å². The second-order valence-corrected chi connectivity index (χ2v) is 4.77. The molecule has 1 fully saturated rings. The third kappa shape index (κ3) is 1.90. The second-order valence-electron chi connectivity index (χ2n) is 3.47. The summed E-state index contributed by atoms with van der Waals surface area (Å²) in [5.74, 6) is 0.300.